The van der Waals surface area contributed by atoms with Gasteiger partial charge in [-0.3, -0.25) is 0 Å². The fourth-order valence-corrected chi connectivity index (χ4v) is 3.31. The molecule has 1 N–H and O–H groups in total. The highest BCUT2D eigenvalue weighted by Crippen LogP contribution is 2.47. The molecule has 0 saturated heterocycles. The third-order valence-corrected chi connectivity index (χ3v) is 5.18. The zero-order chi connectivity index (χ0) is 18.6. The molecule has 134 valence electrons. The maximum Gasteiger partial charge on any atom is 0.128 e. The van der Waals surface area contributed by atoms with Gasteiger partial charge < -0.3 is 10.2 Å². The van der Waals surface area contributed by atoms with Crippen molar-refractivity contribution in [2.24, 2.45) is 5.92 Å². The van der Waals surface area contributed by atoms with Crippen LogP contribution in [0.25, 0.3) is 0 Å². The molecule has 0 radical (unpaired) electrons. The molecule has 1 aromatic carbocycles. The van der Waals surface area contributed by atoms with E-state index in [0.29, 0.717) is 29.6 Å². The van der Waals surface area contributed by atoms with Crippen LogP contribution in [0, 0.1) is 11.7 Å². The van der Waals surface area contributed by atoms with E-state index in [1.165, 1.54) is 6.07 Å². The van der Waals surface area contributed by atoms with Gasteiger partial charge in [-0.05, 0) is 56.4 Å². The number of rotatable bonds is 9. The lowest BCUT2D eigenvalue weighted by atomic mass is 9.85. The van der Waals surface area contributed by atoms with E-state index in [2.05, 4.69) is 30.0 Å². The third kappa shape index (κ3) is 4.37. The van der Waals surface area contributed by atoms with E-state index < -0.39 is 5.54 Å². The average molecular weight is 359 g/mol. The number of nitrogens with zero attached hydrogens (tertiary/aromatic N) is 1. The first-order valence-electron chi connectivity index (χ1n) is 8.58. The fourth-order valence-electron chi connectivity index (χ4n) is 3.10. The summed E-state index contributed by atoms with van der Waals surface area (Å²) in [7, 11) is 0. The molecule has 1 aliphatic rings. The van der Waals surface area contributed by atoms with Crippen LogP contribution < -0.4 is 10.2 Å². The Morgan fingerprint density at radius 2 is 1.96 bits per heavy atom. The zero-order valence-electron chi connectivity index (χ0n) is 15.1. The minimum Gasteiger partial charge on any atom is -0.366 e. The summed E-state index contributed by atoms with van der Waals surface area (Å²) < 4.78 is 14.8. The largest absolute Gasteiger partial charge is 0.366 e. The highest BCUT2D eigenvalue weighted by Gasteiger charge is 2.45. The van der Waals surface area contributed by atoms with Crippen LogP contribution in [0.3, 0.4) is 0 Å². The number of halogens is 1. The molecule has 1 fully saturated rings. The van der Waals surface area contributed by atoms with Gasteiger partial charge in [0.2, 0.25) is 0 Å². The van der Waals surface area contributed by atoms with Crippen LogP contribution in [0.4, 0.5) is 10.1 Å². The van der Waals surface area contributed by atoms with E-state index in [4.69, 9.17) is 12.2 Å². The highest BCUT2D eigenvalue weighted by molar-refractivity contribution is 7.80. The van der Waals surface area contributed by atoms with Crippen LogP contribution >= 0.6 is 12.2 Å². The van der Waals surface area contributed by atoms with Gasteiger partial charge in [-0.25, -0.2) is 4.39 Å². The summed E-state index contributed by atoms with van der Waals surface area (Å²) in [4.78, 5) is 2.70. The van der Waals surface area contributed by atoms with Gasteiger partial charge in [0.25, 0.3) is 0 Å². The first-order chi connectivity index (χ1) is 11.8. The molecule has 0 bridgehead atoms. The molecule has 1 aliphatic carbocycles. The lowest BCUT2D eigenvalue weighted by Crippen LogP contribution is -2.45. The molecular formula is C21H27FN2S. The van der Waals surface area contributed by atoms with E-state index in [-0.39, 0.29) is 5.82 Å². The molecule has 1 unspecified atom stereocenters. The van der Waals surface area contributed by atoms with Crippen LogP contribution in [0.2, 0.25) is 0 Å². The van der Waals surface area contributed by atoms with Crippen LogP contribution in [0.1, 0.15) is 32.3 Å². The summed E-state index contributed by atoms with van der Waals surface area (Å²) in [5, 5.41) is 3.38. The van der Waals surface area contributed by atoms with Crippen molar-refractivity contribution in [3.05, 3.63) is 67.0 Å². The second kappa shape index (κ2) is 7.96. The van der Waals surface area contributed by atoms with Crippen molar-refractivity contribution in [3.8, 4) is 0 Å². The molecule has 0 spiro atoms. The van der Waals surface area contributed by atoms with Crippen LogP contribution in [0.5, 0.6) is 0 Å². The maximum absolute atomic E-state index is 14.8. The van der Waals surface area contributed by atoms with Crippen LogP contribution in [-0.4, -0.2) is 18.1 Å². The Morgan fingerprint density at radius 3 is 2.44 bits per heavy atom. The molecule has 0 aromatic heterocycles. The molecule has 0 heterocycles. The molecule has 4 heteroatoms. The monoisotopic (exact) mass is 358 g/mol. The Labute approximate surface area is 156 Å². The maximum atomic E-state index is 14.8. The van der Waals surface area contributed by atoms with Gasteiger partial charge in [0.15, 0.2) is 0 Å². The van der Waals surface area contributed by atoms with Crippen molar-refractivity contribution in [1.82, 2.24) is 5.32 Å². The van der Waals surface area contributed by atoms with Gasteiger partial charge in [-0.1, -0.05) is 30.9 Å². The number of hydrogen-bond acceptors (Lipinski definition) is 2. The standard InChI is InChI=1S/C21H27FN2S/c1-6-12-24(13-7-2)17-10-11-19(22)18(14-17)21(5,16-8-9-16)23-20(25)15(3)4/h6-7,10-11,14,16H,1-3,8-9,12-13H2,4-5H3,(H,23,25). The van der Waals surface area contributed by atoms with Gasteiger partial charge in [0.1, 0.15) is 10.8 Å². The normalized spacial score (nSPS) is 15.8. The predicted octanol–water partition coefficient (Wildman–Crippen LogP) is 5.12. The predicted molar refractivity (Wildman–Crippen MR) is 110 cm³/mol. The van der Waals surface area contributed by atoms with Crippen molar-refractivity contribution < 1.29 is 4.39 Å². The molecule has 0 aliphatic heterocycles. The Hall–Kier alpha value is -1.94. The smallest absolute Gasteiger partial charge is 0.128 e. The van der Waals surface area contributed by atoms with Gasteiger partial charge in [0, 0.05) is 24.3 Å². The molecule has 1 saturated carbocycles. The minimum absolute atomic E-state index is 0.215. The molecule has 25 heavy (non-hydrogen) atoms. The summed E-state index contributed by atoms with van der Waals surface area (Å²) >= 11 is 5.41. The number of hydrogen-bond donors (Lipinski definition) is 1. The number of anilines is 1. The van der Waals surface area contributed by atoms with Crippen molar-refractivity contribution in [3.63, 3.8) is 0 Å². The van der Waals surface area contributed by atoms with Crippen molar-refractivity contribution in [1.29, 1.82) is 0 Å². The summed E-state index contributed by atoms with van der Waals surface area (Å²) in [6.45, 7) is 16.8. The van der Waals surface area contributed by atoms with Crippen molar-refractivity contribution in [2.75, 3.05) is 18.0 Å². The Bertz CT molecular complexity index is 683. The van der Waals surface area contributed by atoms with E-state index in [1.54, 1.807) is 6.07 Å². The van der Waals surface area contributed by atoms with Crippen molar-refractivity contribution >= 4 is 22.9 Å². The summed E-state index contributed by atoms with van der Waals surface area (Å²) in [6, 6.07) is 5.26. The van der Waals surface area contributed by atoms with Crippen molar-refractivity contribution in [2.45, 2.75) is 32.2 Å². The lowest BCUT2D eigenvalue weighted by molar-refractivity contribution is 0.361. The van der Waals surface area contributed by atoms with E-state index in [9.17, 15) is 4.39 Å². The third-order valence-electron chi connectivity index (χ3n) is 4.73. The first kappa shape index (κ1) is 19.4. The highest BCUT2D eigenvalue weighted by atomic mass is 32.1. The minimum atomic E-state index is -0.538. The van der Waals surface area contributed by atoms with E-state index in [1.807, 2.05) is 32.1 Å². The molecule has 1 atom stereocenters. The topological polar surface area (TPSA) is 15.3 Å². The van der Waals surface area contributed by atoms with Gasteiger partial charge >= 0.3 is 0 Å². The number of thiocarbonyl (C=S) groups is 1. The van der Waals surface area contributed by atoms with Gasteiger partial charge in [-0.2, -0.15) is 0 Å². The van der Waals surface area contributed by atoms with Gasteiger partial charge in [-0.15, -0.1) is 13.2 Å². The number of nitrogens with one attached hydrogen (secondary N) is 1. The Balaban J connectivity index is 2.45. The molecular weight excluding hydrogens is 331 g/mol. The SMILES string of the molecule is C=CCN(CC=C)c1ccc(F)c(C(C)(NC(=S)C(=C)C)C2CC2)c1. The van der Waals surface area contributed by atoms with Gasteiger partial charge in [0.05, 0.1) is 5.54 Å². The Morgan fingerprint density at radius 1 is 1.36 bits per heavy atom. The summed E-state index contributed by atoms with van der Waals surface area (Å²) in [5.41, 5.74) is 1.85. The molecule has 0 amide bonds. The number of benzene rings is 1. The molecule has 1 aromatic rings. The Kier molecular flexibility index (Phi) is 6.17. The average Bonchev–Trinajstić information content (AvgIpc) is 3.40. The molecule has 2 rings (SSSR count). The van der Waals surface area contributed by atoms with E-state index >= 15 is 0 Å². The molecule has 2 nitrogen and oxygen atoms in total. The van der Waals surface area contributed by atoms with E-state index in [0.717, 1.165) is 24.1 Å². The fraction of sp³-hybridized carbons (Fsp3) is 0.381. The lowest BCUT2D eigenvalue weighted by Gasteiger charge is -2.34. The second-order valence-corrected chi connectivity index (χ2v) is 7.27. The second-order valence-electron chi connectivity index (χ2n) is 6.86. The van der Waals surface area contributed by atoms with Crippen LogP contribution in [-0.2, 0) is 5.54 Å². The first-order valence-corrected chi connectivity index (χ1v) is 8.99. The van der Waals surface area contributed by atoms with Crippen LogP contribution in [0.15, 0.2) is 55.7 Å². The zero-order valence-corrected chi connectivity index (χ0v) is 16.0. The summed E-state index contributed by atoms with van der Waals surface area (Å²) in [5.74, 6) is 0.147. The quantitative estimate of drug-likeness (QED) is 0.375. The summed E-state index contributed by atoms with van der Waals surface area (Å²) in [6.07, 6.45) is 5.80.